The van der Waals surface area contributed by atoms with Crippen LogP contribution in [-0.2, 0) is 4.79 Å². The Hall–Kier alpha value is 0.01000. The van der Waals surface area contributed by atoms with E-state index >= 15 is 0 Å². The van der Waals surface area contributed by atoms with Gasteiger partial charge >= 0.3 is 5.97 Å². The van der Waals surface area contributed by atoms with Crippen molar-refractivity contribution >= 4 is 29.2 Å². The van der Waals surface area contributed by atoms with E-state index in [4.69, 9.17) is 28.3 Å². The fraction of sp³-hybridized carbons (Fsp3) is 0.875. The molecule has 0 radical (unpaired) electrons. The molecule has 2 unspecified atom stereocenters. The van der Waals surface area contributed by atoms with Crippen LogP contribution in [0.4, 0.5) is 0 Å². The smallest absolute Gasteiger partial charge is 0.322 e. The van der Waals surface area contributed by atoms with Crippen molar-refractivity contribution in [2.24, 2.45) is 0 Å². The van der Waals surface area contributed by atoms with E-state index in [1.54, 1.807) is 0 Å². The molecule has 0 aromatic rings. The summed E-state index contributed by atoms with van der Waals surface area (Å²) in [4.78, 5) is 12.8. The number of halogens is 2. The SMILES string of the molecule is O=C(O)[C@@H]1C(Cl)C(Cl)CN1C1CC1. The Bertz CT molecular complexity index is 232. The number of carboxylic acids is 1. The summed E-state index contributed by atoms with van der Waals surface area (Å²) < 4.78 is 0. The number of carbonyl (C=O) groups is 1. The molecule has 0 amide bonds. The van der Waals surface area contributed by atoms with Gasteiger partial charge in [-0.2, -0.15) is 0 Å². The summed E-state index contributed by atoms with van der Waals surface area (Å²) in [6, 6.07) is -0.178. The third-order valence-electron chi connectivity index (χ3n) is 2.66. The van der Waals surface area contributed by atoms with Crippen molar-refractivity contribution in [3.8, 4) is 0 Å². The third kappa shape index (κ3) is 1.65. The first-order valence-corrected chi connectivity index (χ1v) is 5.25. The second-order valence-electron chi connectivity index (χ2n) is 3.67. The number of carboxylic acid groups (broad SMARTS) is 1. The van der Waals surface area contributed by atoms with Gasteiger partial charge in [-0.1, -0.05) is 0 Å². The number of likely N-dealkylation sites (tertiary alicyclic amines) is 1. The van der Waals surface area contributed by atoms with Gasteiger partial charge in [-0.05, 0) is 12.8 Å². The topological polar surface area (TPSA) is 40.5 Å². The highest BCUT2D eigenvalue weighted by atomic mass is 35.5. The van der Waals surface area contributed by atoms with Crippen LogP contribution in [0.25, 0.3) is 0 Å². The van der Waals surface area contributed by atoms with Gasteiger partial charge in [0.05, 0.1) is 10.8 Å². The molecule has 2 aliphatic rings. The van der Waals surface area contributed by atoms with Gasteiger partial charge in [0.1, 0.15) is 6.04 Å². The summed E-state index contributed by atoms with van der Waals surface area (Å²) in [6.45, 7) is 0.608. The van der Waals surface area contributed by atoms with Gasteiger partial charge in [0, 0.05) is 12.6 Å². The zero-order valence-electron chi connectivity index (χ0n) is 6.99. The Kier molecular flexibility index (Phi) is 2.43. The molecule has 0 aromatic carbocycles. The van der Waals surface area contributed by atoms with E-state index in [2.05, 4.69) is 0 Å². The van der Waals surface area contributed by atoms with Crippen LogP contribution in [0, 0.1) is 0 Å². The molecule has 0 aromatic heterocycles. The van der Waals surface area contributed by atoms with E-state index in [-0.39, 0.29) is 5.38 Å². The molecule has 0 spiro atoms. The minimum absolute atomic E-state index is 0.233. The lowest BCUT2D eigenvalue weighted by Gasteiger charge is -2.21. The van der Waals surface area contributed by atoms with Gasteiger partial charge in [-0.25, -0.2) is 0 Å². The Balaban J connectivity index is 2.13. The van der Waals surface area contributed by atoms with Gasteiger partial charge in [-0.3, -0.25) is 9.69 Å². The van der Waals surface area contributed by atoms with E-state index in [9.17, 15) is 4.79 Å². The van der Waals surface area contributed by atoms with Gasteiger partial charge in [-0.15, -0.1) is 23.2 Å². The van der Waals surface area contributed by atoms with E-state index in [0.29, 0.717) is 12.6 Å². The van der Waals surface area contributed by atoms with E-state index in [1.165, 1.54) is 0 Å². The summed E-state index contributed by atoms with van der Waals surface area (Å²) in [6.07, 6.45) is 2.16. The van der Waals surface area contributed by atoms with Crippen LogP contribution >= 0.6 is 23.2 Å². The van der Waals surface area contributed by atoms with E-state index in [0.717, 1.165) is 12.8 Å². The third-order valence-corrected chi connectivity index (χ3v) is 3.74. The summed E-state index contributed by atoms with van der Waals surface area (Å²) in [7, 11) is 0. The highest BCUT2D eigenvalue weighted by Crippen LogP contribution is 2.37. The summed E-state index contributed by atoms with van der Waals surface area (Å²) in [5.74, 6) is -0.852. The number of alkyl halides is 2. The first-order valence-electron chi connectivity index (χ1n) is 4.38. The normalized spacial score (nSPS) is 40.9. The van der Waals surface area contributed by atoms with Crippen LogP contribution in [-0.4, -0.2) is 45.4 Å². The molecule has 3 atom stereocenters. The summed E-state index contributed by atoms with van der Waals surface area (Å²) >= 11 is 11.9. The quantitative estimate of drug-likeness (QED) is 0.715. The number of rotatable bonds is 2. The molecule has 1 N–H and O–H groups in total. The van der Waals surface area contributed by atoms with Crippen molar-refractivity contribution < 1.29 is 9.90 Å². The van der Waals surface area contributed by atoms with Crippen LogP contribution in [0.2, 0.25) is 0 Å². The highest BCUT2D eigenvalue weighted by molar-refractivity contribution is 6.31. The van der Waals surface area contributed by atoms with Crippen molar-refractivity contribution in [2.75, 3.05) is 6.54 Å². The van der Waals surface area contributed by atoms with Crippen LogP contribution < -0.4 is 0 Å². The van der Waals surface area contributed by atoms with Crippen LogP contribution in [0.5, 0.6) is 0 Å². The molecule has 1 heterocycles. The molecule has 1 aliphatic heterocycles. The minimum atomic E-state index is -0.852. The predicted molar refractivity (Wildman–Crippen MR) is 50.4 cm³/mol. The van der Waals surface area contributed by atoms with Crippen molar-refractivity contribution in [1.29, 1.82) is 0 Å². The molecule has 5 heteroatoms. The van der Waals surface area contributed by atoms with Crippen molar-refractivity contribution in [3.05, 3.63) is 0 Å². The highest BCUT2D eigenvalue weighted by Gasteiger charge is 2.49. The van der Waals surface area contributed by atoms with Gasteiger partial charge in [0.25, 0.3) is 0 Å². The van der Waals surface area contributed by atoms with Crippen LogP contribution in [0.1, 0.15) is 12.8 Å². The molecular weight excluding hydrogens is 213 g/mol. The Morgan fingerprint density at radius 1 is 1.38 bits per heavy atom. The Morgan fingerprint density at radius 3 is 2.46 bits per heavy atom. The van der Waals surface area contributed by atoms with Crippen molar-refractivity contribution in [3.63, 3.8) is 0 Å². The molecule has 1 saturated heterocycles. The summed E-state index contributed by atoms with van der Waals surface area (Å²) in [5, 5.41) is 8.27. The van der Waals surface area contributed by atoms with Crippen LogP contribution in [0.3, 0.4) is 0 Å². The second kappa shape index (κ2) is 3.30. The number of hydrogen-bond donors (Lipinski definition) is 1. The maximum Gasteiger partial charge on any atom is 0.322 e. The maximum absolute atomic E-state index is 10.9. The number of aliphatic carboxylic acids is 1. The fourth-order valence-corrected chi connectivity index (χ4v) is 2.49. The monoisotopic (exact) mass is 223 g/mol. The van der Waals surface area contributed by atoms with Crippen LogP contribution in [0.15, 0.2) is 0 Å². The average molecular weight is 224 g/mol. The lowest BCUT2D eigenvalue weighted by atomic mass is 10.2. The van der Waals surface area contributed by atoms with Gasteiger partial charge in [0.2, 0.25) is 0 Å². The van der Waals surface area contributed by atoms with Gasteiger partial charge in [0.15, 0.2) is 0 Å². The number of nitrogens with zero attached hydrogens (tertiary/aromatic N) is 1. The molecule has 1 saturated carbocycles. The Morgan fingerprint density at radius 2 is 2.00 bits per heavy atom. The van der Waals surface area contributed by atoms with Crippen molar-refractivity contribution in [2.45, 2.75) is 35.7 Å². The Labute approximate surface area is 86.6 Å². The summed E-state index contributed by atoms with van der Waals surface area (Å²) in [5.41, 5.74) is 0. The number of hydrogen-bond acceptors (Lipinski definition) is 2. The minimum Gasteiger partial charge on any atom is -0.480 e. The van der Waals surface area contributed by atoms with Crippen molar-refractivity contribution in [1.82, 2.24) is 4.90 Å². The lowest BCUT2D eigenvalue weighted by Crippen LogP contribution is -2.41. The molecule has 13 heavy (non-hydrogen) atoms. The molecule has 74 valence electrons. The first kappa shape index (κ1) is 9.56. The van der Waals surface area contributed by atoms with E-state index in [1.807, 2.05) is 4.90 Å². The lowest BCUT2D eigenvalue weighted by molar-refractivity contribution is -0.142. The first-order chi connectivity index (χ1) is 6.11. The molecular formula is C8H11Cl2NO2. The standard InChI is InChI=1S/C8H11Cl2NO2/c9-5-3-11(4-1-2-4)7(6(5)10)8(12)13/h4-7H,1-3H2,(H,12,13)/t5?,6?,7-/m0/s1. The van der Waals surface area contributed by atoms with E-state index < -0.39 is 17.4 Å². The molecule has 3 nitrogen and oxygen atoms in total. The zero-order chi connectivity index (χ0) is 9.59. The van der Waals surface area contributed by atoms with Gasteiger partial charge < -0.3 is 5.11 Å². The molecule has 2 fully saturated rings. The molecule has 0 bridgehead atoms. The molecule has 1 aliphatic carbocycles. The fourth-order valence-electron chi connectivity index (χ4n) is 1.86. The zero-order valence-corrected chi connectivity index (χ0v) is 8.50. The second-order valence-corrected chi connectivity index (χ2v) is 4.74. The average Bonchev–Trinajstić information content (AvgIpc) is 2.80. The predicted octanol–water partition coefficient (Wildman–Crippen LogP) is 1.13. The maximum atomic E-state index is 10.9. The molecule has 2 rings (SSSR count). The largest absolute Gasteiger partial charge is 0.480 e.